The predicted molar refractivity (Wildman–Crippen MR) is 94.8 cm³/mol. The van der Waals surface area contributed by atoms with Gasteiger partial charge in [0, 0.05) is 0 Å². The van der Waals surface area contributed by atoms with Gasteiger partial charge in [-0.05, 0) is 84.8 Å². The number of allylic oxidation sites excluding steroid dienone is 2. The maximum Gasteiger partial charge on any atom is -0.0189 e. The van der Waals surface area contributed by atoms with Gasteiger partial charge in [0.2, 0.25) is 0 Å². The monoisotopic (exact) mass is 288 g/mol. The van der Waals surface area contributed by atoms with Gasteiger partial charge in [0.15, 0.2) is 0 Å². The first kappa shape index (κ1) is 13.8. The van der Waals surface area contributed by atoms with E-state index in [2.05, 4.69) is 48.5 Å². The fourth-order valence-electron chi connectivity index (χ4n) is 4.20. The lowest BCUT2D eigenvalue weighted by Crippen LogP contribution is -1.96. The highest BCUT2D eigenvalue weighted by Gasteiger charge is 2.20. The second-order valence-electron chi connectivity index (χ2n) is 6.69. The van der Waals surface area contributed by atoms with Crippen LogP contribution in [0, 0.1) is 0 Å². The third kappa shape index (κ3) is 2.52. The lowest BCUT2D eigenvalue weighted by molar-refractivity contribution is 0.764. The van der Waals surface area contributed by atoms with Gasteiger partial charge in [-0.25, -0.2) is 0 Å². The molecule has 0 bridgehead atoms. The van der Waals surface area contributed by atoms with E-state index >= 15 is 0 Å². The first-order valence-corrected chi connectivity index (χ1v) is 8.82. The summed E-state index contributed by atoms with van der Waals surface area (Å²) in [6.45, 7) is 0. The number of fused-ring (bicyclic) bond motifs is 2. The molecule has 2 aromatic rings. The molecule has 0 heteroatoms. The summed E-state index contributed by atoms with van der Waals surface area (Å²) in [6, 6.07) is 18.2. The zero-order chi connectivity index (χ0) is 14.8. The van der Waals surface area contributed by atoms with Crippen LogP contribution in [0.4, 0.5) is 0 Å². The fraction of sp³-hybridized carbons (Fsp3) is 0.364. The zero-order valence-corrected chi connectivity index (χ0v) is 13.3. The first-order valence-electron chi connectivity index (χ1n) is 8.82. The Bertz CT molecular complexity index is 644. The molecule has 0 aliphatic heterocycles. The minimum Gasteiger partial charge on any atom is -0.0620 e. The summed E-state index contributed by atoms with van der Waals surface area (Å²) in [5.41, 5.74) is 9.47. The van der Waals surface area contributed by atoms with Crippen molar-refractivity contribution in [1.29, 1.82) is 0 Å². The van der Waals surface area contributed by atoms with Crippen LogP contribution in [0.25, 0.3) is 11.1 Å². The Labute approximate surface area is 133 Å². The molecule has 0 heterocycles. The van der Waals surface area contributed by atoms with Crippen LogP contribution >= 0.6 is 0 Å². The molecule has 0 N–H and O–H groups in total. The molecule has 2 aromatic carbocycles. The van der Waals surface area contributed by atoms with Gasteiger partial charge in [-0.2, -0.15) is 0 Å². The SMILES string of the molecule is c1ccc2c(c1)CCCC/C2=C1/CCCCc2ccccc21. The molecule has 0 spiro atoms. The van der Waals surface area contributed by atoms with Crippen LogP contribution < -0.4 is 0 Å². The molecule has 112 valence electrons. The van der Waals surface area contributed by atoms with E-state index in [9.17, 15) is 0 Å². The van der Waals surface area contributed by atoms with Crippen LogP contribution in [0.3, 0.4) is 0 Å². The second kappa shape index (κ2) is 6.12. The van der Waals surface area contributed by atoms with Crippen LogP contribution in [-0.2, 0) is 12.8 Å². The molecule has 0 aromatic heterocycles. The highest BCUT2D eigenvalue weighted by Crippen LogP contribution is 2.40. The summed E-state index contributed by atoms with van der Waals surface area (Å²) in [6.07, 6.45) is 10.3. The van der Waals surface area contributed by atoms with Crippen molar-refractivity contribution in [3.8, 4) is 0 Å². The minimum absolute atomic E-state index is 1.24. The van der Waals surface area contributed by atoms with Crippen molar-refractivity contribution in [2.45, 2.75) is 51.4 Å². The molecule has 22 heavy (non-hydrogen) atoms. The van der Waals surface area contributed by atoms with E-state index in [1.54, 1.807) is 22.3 Å². The standard InChI is InChI=1S/C22H24/c1-5-13-19-17(9-1)11-3-7-15-21(19)22-16-8-4-12-18-10-2-6-14-20(18)22/h1-2,5-6,9-10,13-14H,3-4,7-8,11-12,15-16H2/b22-21+. The van der Waals surface area contributed by atoms with Crippen molar-refractivity contribution in [3.63, 3.8) is 0 Å². The van der Waals surface area contributed by atoms with Gasteiger partial charge in [-0.15, -0.1) is 0 Å². The van der Waals surface area contributed by atoms with Gasteiger partial charge in [-0.3, -0.25) is 0 Å². The quantitative estimate of drug-likeness (QED) is 0.518. The average Bonchev–Trinajstić information content (AvgIpc) is 2.90. The number of benzene rings is 2. The lowest BCUT2D eigenvalue weighted by atomic mass is 9.88. The molecular formula is C22H24. The van der Waals surface area contributed by atoms with Gasteiger partial charge in [0.05, 0.1) is 0 Å². The van der Waals surface area contributed by atoms with Crippen molar-refractivity contribution in [2.75, 3.05) is 0 Å². The molecule has 2 aliphatic rings. The lowest BCUT2D eigenvalue weighted by Gasteiger charge is -2.17. The van der Waals surface area contributed by atoms with Crippen molar-refractivity contribution < 1.29 is 0 Å². The van der Waals surface area contributed by atoms with Crippen molar-refractivity contribution >= 4 is 11.1 Å². The topological polar surface area (TPSA) is 0 Å². The molecule has 0 saturated heterocycles. The highest BCUT2D eigenvalue weighted by molar-refractivity contribution is 5.93. The smallest absolute Gasteiger partial charge is 0.0189 e. The molecule has 0 fully saturated rings. The maximum absolute atomic E-state index is 2.36. The van der Waals surface area contributed by atoms with Crippen molar-refractivity contribution in [2.24, 2.45) is 0 Å². The maximum atomic E-state index is 2.36. The molecule has 0 unspecified atom stereocenters. The Kier molecular flexibility index (Phi) is 3.84. The van der Waals surface area contributed by atoms with Crippen LogP contribution in [0.5, 0.6) is 0 Å². The number of hydrogen-bond acceptors (Lipinski definition) is 0. The van der Waals surface area contributed by atoms with E-state index in [-0.39, 0.29) is 0 Å². The summed E-state index contributed by atoms with van der Waals surface area (Å²) in [4.78, 5) is 0. The Hall–Kier alpha value is -1.82. The molecule has 0 radical (unpaired) electrons. The van der Waals surface area contributed by atoms with Gasteiger partial charge in [0.25, 0.3) is 0 Å². The molecule has 0 nitrogen and oxygen atoms in total. The van der Waals surface area contributed by atoms with Crippen LogP contribution in [0.15, 0.2) is 48.5 Å². The van der Waals surface area contributed by atoms with Gasteiger partial charge in [0.1, 0.15) is 0 Å². The first-order chi connectivity index (χ1) is 10.9. The van der Waals surface area contributed by atoms with Crippen LogP contribution in [-0.4, -0.2) is 0 Å². The van der Waals surface area contributed by atoms with Crippen LogP contribution in [0.1, 0.15) is 60.8 Å². The van der Waals surface area contributed by atoms with E-state index in [0.717, 1.165) is 0 Å². The number of aryl methyl sites for hydroxylation is 2. The summed E-state index contributed by atoms with van der Waals surface area (Å²) in [5, 5.41) is 0. The molecule has 2 aliphatic carbocycles. The Morgan fingerprint density at radius 1 is 0.455 bits per heavy atom. The molecule has 4 rings (SSSR count). The van der Waals surface area contributed by atoms with E-state index in [4.69, 9.17) is 0 Å². The second-order valence-corrected chi connectivity index (χ2v) is 6.69. The van der Waals surface area contributed by atoms with Gasteiger partial charge >= 0.3 is 0 Å². The Morgan fingerprint density at radius 2 is 0.864 bits per heavy atom. The summed E-state index contributed by atoms with van der Waals surface area (Å²) >= 11 is 0. The summed E-state index contributed by atoms with van der Waals surface area (Å²) < 4.78 is 0. The highest BCUT2D eigenvalue weighted by atomic mass is 14.2. The Balaban J connectivity index is 1.93. The zero-order valence-electron chi connectivity index (χ0n) is 13.3. The number of rotatable bonds is 0. The molecule has 0 saturated carbocycles. The summed E-state index contributed by atoms with van der Waals surface area (Å²) in [5.74, 6) is 0. The molecule has 0 atom stereocenters. The van der Waals surface area contributed by atoms with Crippen molar-refractivity contribution in [3.05, 3.63) is 70.8 Å². The molecule has 0 amide bonds. The predicted octanol–water partition coefficient (Wildman–Crippen LogP) is 6.05. The number of hydrogen-bond donors (Lipinski definition) is 0. The molecular weight excluding hydrogens is 264 g/mol. The van der Waals surface area contributed by atoms with E-state index in [0.29, 0.717) is 0 Å². The van der Waals surface area contributed by atoms with Crippen molar-refractivity contribution in [1.82, 2.24) is 0 Å². The normalized spacial score (nSPS) is 21.5. The van der Waals surface area contributed by atoms with E-state index in [1.807, 2.05) is 0 Å². The largest absolute Gasteiger partial charge is 0.0620 e. The fourth-order valence-corrected chi connectivity index (χ4v) is 4.20. The van der Waals surface area contributed by atoms with Gasteiger partial charge < -0.3 is 0 Å². The van der Waals surface area contributed by atoms with E-state index < -0.39 is 0 Å². The third-order valence-electron chi connectivity index (χ3n) is 5.30. The summed E-state index contributed by atoms with van der Waals surface area (Å²) in [7, 11) is 0. The van der Waals surface area contributed by atoms with Gasteiger partial charge in [-0.1, -0.05) is 48.5 Å². The third-order valence-corrected chi connectivity index (χ3v) is 5.30. The van der Waals surface area contributed by atoms with E-state index in [1.165, 1.54) is 62.5 Å². The Morgan fingerprint density at radius 3 is 1.36 bits per heavy atom. The van der Waals surface area contributed by atoms with Crippen LogP contribution in [0.2, 0.25) is 0 Å². The average molecular weight is 288 g/mol. The minimum atomic E-state index is 1.24.